The number of aromatic nitrogens is 5. The summed E-state index contributed by atoms with van der Waals surface area (Å²) in [6.45, 7) is 3.77. The van der Waals surface area contributed by atoms with Crippen LogP contribution in [0.1, 0.15) is 27.6 Å². The van der Waals surface area contributed by atoms with Crippen LogP contribution in [0, 0.1) is 25.5 Å². The quantitative estimate of drug-likeness (QED) is 0.343. The first-order chi connectivity index (χ1) is 15.4. The van der Waals surface area contributed by atoms with Crippen molar-refractivity contribution in [3.8, 4) is 5.69 Å². The van der Waals surface area contributed by atoms with Gasteiger partial charge in [-0.25, -0.2) is 23.4 Å². The smallest absolute Gasteiger partial charge is 0.278 e. The molecule has 2 heterocycles. The third-order valence-electron chi connectivity index (χ3n) is 4.46. The number of benzene rings is 2. The van der Waals surface area contributed by atoms with Crippen LogP contribution >= 0.6 is 11.8 Å². The monoisotopic (exact) mass is 452 g/mol. The van der Waals surface area contributed by atoms with Gasteiger partial charge in [-0.3, -0.25) is 4.79 Å². The van der Waals surface area contributed by atoms with E-state index in [1.165, 1.54) is 17.8 Å². The Hall–Kier alpha value is -3.66. The minimum Gasteiger partial charge on any atom is -0.320 e. The first kappa shape index (κ1) is 21.6. The molecule has 0 bridgehead atoms. The summed E-state index contributed by atoms with van der Waals surface area (Å²) in [4.78, 5) is 21.8. The van der Waals surface area contributed by atoms with E-state index in [1.54, 1.807) is 4.68 Å². The van der Waals surface area contributed by atoms with Gasteiger partial charge in [0.25, 0.3) is 5.91 Å². The molecule has 1 amide bonds. The molecule has 0 radical (unpaired) electrons. The lowest BCUT2D eigenvalue weighted by atomic mass is 10.2. The fourth-order valence-electron chi connectivity index (χ4n) is 3.04. The van der Waals surface area contributed by atoms with Gasteiger partial charge in [-0.15, -0.1) is 5.10 Å². The summed E-state index contributed by atoms with van der Waals surface area (Å²) in [6.07, 6.45) is 0. The Morgan fingerprint density at radius 1 is 1.00 bits per heavy atom. The highest BCUT2D eigenvalue weighted by Crippen LogP contribution is 2.24. The minimum atomic E-state index is -1.06. The largest absolute Gasteiger partial charge is 0.320 e. The summed E-state index contributed by atoms with van der Waals surface area (Å²) in [5.41, 5.74) is 3.10. The molecule has 0 saturated carbocycles. The second-order valence-electron chi connectivity index (χ2n) is 6.94. The van der Waals surface area contributed by atoms with Crippen molar-refractivity contribution in [2.75, 3.05) is 5.32 Å². The zero-order chi connectivity index (χ0) is 22.7. The van der Waals surface area contributed by atoms with Gasteiger partial charge in [0.15, 0.2) is 22.5 Å². The number of carbonyl (C=O) groups is 1. The highest BCUT2D eigenvalue weighted by Gasteiger charge is 2.22. The standard InChI is InChI=1S/C22H18F2N6OS/c1-13-10-14(2)26-22(25-13)32-12-19-20(28-29-30(19)16-6-4-3-5-7-16)21(31)27-15-8-9-17(23)18(24)11-15/h3-11H,12H2,1-2H3,(H,27,31). The second kappa shape index (κ2) is 9.23. The van der Waals surface area contributed by atoms with Crippen LogP contribution in [0.15, 0.2) is 59.8 Å². The van der Waals surface area contributed by atoms with Crippen LogP contribution in [0.3, 0.4) is 0 Å². The van der Waals surface area contributed by atoms with Crippen LogP contribution in [0.5, 0.6) is 0 Å². The highest BCUT2D eigenvalue weighted by molar-refractivity contribution is 7.98. The molecule has 0 aliphatic carbocycles. The molecule has 32 heavy (non-hydrogen) atoms. The summed E-state index contributed by atoms with van der Waals surface area (Å²) in [5, 5.41) is 11.3. The molecule has 2 aromatic heterocycles. The summed E-state index contributed by atoms with van der Waals surface area (Å²) in [7, 11) is 0. The van der Waals surface area contributed by atoms with E-state index in [1.807, 2.05) is 50.2 Å². The zero-order valence-electron chi connectivity index (χ0n) is 17.2. The molecule has 0 aliphatic rings. The molecular weight excluding hydrogens is 434 g/mol. The average molecular weight is 452 g/mol. The first-order valence-electron chi connectivity index (χ1n) is 9.62. The maximum Gasteiger partial charge on any atom is 0.278 e. The van der Waals surface area contributed by atoms with Gasteiger partial charge in [0.05, 0.1) is 11.4 Å². The average Bonchev–Trinajstić information content (AvgIpc) is 3.19. The van der Waals surface area contributed by atoms with E-state index in [4.69, 9.17) is 0 Å². The predicted octanol–water partition coefficient (Wildman–Crippen LogP) is 4.50. The third kappa shape index (κ3) is 4.80. The maximum atomic E-state index is 13.5. The SMILES string of the molecule is Cc1cc(C)nc(SCc2c(C(=O)Nc3ccc(F)c(F)c3)nnn2-c2ccccc2)n1. The molecule has 0 spiro atoms. The Morgan fingerprint density at radius 3 is 2.41 bits per heavy atom. The number of amides is 1. The van der Waals surface area contributed by atoms with E-state index in [0.717, 1.165) is 29.2 Å². The molecule has 0 saturated heterocycles. The highest BCUT2D eigenvalue weighted by atomic mass is 32.2. The number of anilines is 1. The summed E-state index contributed by atoms with van der Waals surface area (Å²) < 4.78 is 28.3. The van der Waals surface area contributed by atoms with Gasteiger partial charge in [-0.05, 0) is 44.2 Å². The minimum absolute atomic E-state index is 0.0652. The molecule has 0 fully saturated rings. The third-order valence-corrected chi connectivity index (χ3v) is 5.31. The van der Waals surface area contributed by atoms with Gasteiger partial charge in [-0.2, -0.15) is 0 Å². The van der Waals surface area contributed by atoms with E-state index in [0.29, 0.717) is 16.6 Å². The molecule has 10 heteroatoms. The van der Waals surface area contributed by atoms with Crippen LogP contribution in [-0.4, -0.2) is 30.9 Å². The van der Waals surface area contributed by atoms with Crippen molar-refractivity contribution < 1.29 is 13.6 Å². The molecule has 4 aromatic rings. The lowest BCUT2D eigenvalue weighted by Gasteiger charge is -2.09. The molecule has 4 rings (SSSR count). The van der Waals surface area contributed by atoms with E-state index in [2.05, 4.69) is 25.6 Å². The lowest BCUT2D eigenvalue weighted by Crippen LogP contribution is -2.15. The fraction of sp³-hybridized carbons (Fsp3) is 0.136. The van der Waals surface area contributed by atoms with Crippen LogP contribution in [0.4, 0.5) is 14.5 Å². The Bertz CT molecular complexity index is 1260. The number of para-hydroxylation sites is 1. The van der Waals surface area contributed by atoms with Gasteiger partial charge in [0, 0.05) is 28.9 Å². The number of rotatable bonds is 6. The summed E-state index contributed by atoms with van der Waals surface area (Å²) in [6, 6.07) is 14.3. The number of hydrogen-bond donors (Lipinski definition) is 1. The Labute approximate surface area is 186 Å². The predicted molar refractivity (Wildman–Crippen MR) is 117 cm³/mol. The topological polar surface area (TPSA) is 85.6 Å². The molecule has 0 unspecified atom stereocenters. The van der Waals surface area contributed by atoms with Crippen LogP contribution in [0.25, 0.3) is 5.69 Å². The van der Waals surface area contributed by atoms with Crippen LogP contribution in [0.2, 0.25) is 0 Å². The van der Waals surface area contributed by atoms with Crippen molar-refractivity contribution in [1.82, 2.24) is 25.0 Å². The van der Waals surface area contributed by atoms with Gasteiger partial charge in [0.1, 0.15) is 0 Å². The summed E-state index contributed by atoms with van der Waals surface area (Å²) in [5.74, 6) is -2.33. The molecule has 2 aromatic carbocycles. The van der Waals surface area contributed by atoms with E-state index in [-0.39, 0.29) is 11.4 Å². The molecular formula is C22H18F2N6OS. The van der Waals surface area contributed by atoms with Crippen LogP contribution in [-0.2, 0) is 5.75 Å². The fourth-order valence-corrected chi connectivity index (χ4v) is 3.98. The lowest BCUT2D eigenvalue weighted by molar-refractivity contribution is 0.102. The molecule has 7 nitrogen and oxygen atoms in total. The van der Waals surface area contributed by atoms with Gasteiger partial charge in [0.2, 0.25) is 0 Å². The van der Waals surface area contributed by atoms with E-state index < -0.39 is 17.5 Å². The zero-order valence-corrected chi connectivity index (χ0v) is 18.0. The Kier molecular flexibility index (Phi) is 6.22. The Balaban J connectivity index is 1.66. The number of nitrogens with one attached hydrogen (secondary N) is 1. The van der Waals surface area contributed by atoms with Gasteiger partial charge < -0.3 is 5.32 Å². The van der Waals surface area contributed by atoms with Crippen molar-refractivity contribution in [1.29, 1.82) is 0 Å². The van der Waals surface area contributed by atoms with Crippen molar-refractivity contribution in [3.63, 3.8) is 0 Å². The molecule has 162 valence electrons. The van der Waals surface area contributed by atoms with Gasteiger partial charge in [-0.1, -0.05) is 35.2 Å². The Morgan fingerprint density at radius 2 is 1.72 bits per heavy atom. The van der Waals surface area contributed by atoms with Gasteiger partial charge >= 0.3 is 0 Å². The number of nitrogens with zero attached hydrogens (tertiary/aromatic N) is 5. The molecule has 0 atom stereocenters. The number of thioether (sulfide) groups is 1. The second-order valence-corrected chi connectivity index (χ2v) is 7.88. The normalized spacial score (nSPS) is 10.9. The van der Waals surface area contributed by atoms with Crippen LogP contribution < -0.4 is 5.32 Å². The van der Waals surface area contributed by atoms with Crippen molar-refractivity contribution in [3.05, 3.63) is 89.0 Å². The number of carbonyl (C=O) groups excluding carboxylic acids is 1. The van der Waals surface area contributed by atoms with E-state index in [9.17, 15) is 13.6 Å². The first-order valence-corrected chi connectivity index (χ1v) is 10.6. The van der Waals surface area contributed by atoms with Crippen molar-refractivity contribution >= 4 is 23.4 Å². The van der Waals surface area contributed by atoms with Crippen molar-refractivity contribution in [2.24, 2.45) is 0 Å². The molecule has 1 N–H and O–H groups in total. The maximum absolute atomic E-state index is 13.5. The number of aryl methyl sites for hydroxylation is 2. The number of hydrogen-bond acceptors (Lipinski definition) is 6. The van der Waals surface area contributed by atoms with E-state index >= 15 is 0 Å². The van der Waals surface area contributed by atoms with Crippen molar-refractivity contribution in [2.45, 2.75) is 24.8 Å². The summed E-state index contributed by atoms with van der Waals surface area (Å²) >= 11 is 1.34. The molecule has 0 aliphatic heterocycles. The number of halogens is 2.